The van der Waals surface area contributed by atoms with Gasteiger partial charge >= 0.3 is 0 Å². The molecule has 1 aliphatic carbocycles. The maximum absolute atomic E-state index is 13.6. The van der Waals surface area contributed by atoms with Crippen molar-refractivity contribution in [2.75, 3.05) is 52.5 Å². The molecule has 3 fully saturated rings. The summed E-state index contributed by atoms with van der Waals surface area (Å²) in [7, 11) is -3.55. The van der Waals surface area contributed by atoms with E-state index in [0.29, 0.717) is 45.3 Å². The van der Waals surface area contributed by atoms with Crippen molar-refractivity contribution in [1.29, 1.82) is 0 Å². The summed E-state index contributed by atoms with van der Waals surface area (Å²) in [4.78, 5) is 2.51. The molecule has 6 rings (SSSR count). The van der Waals surface area contributed by atoms with Gasteiger partial charge in [0, 0.05) is 50.7 Å². The molecule has 1 aromatic heterocycles. The highest BCUT2D eigenvalue weighted by molar-refractivity contribution is 7.86. The van der Waals surface area contributed by atoms with Crippen LogP contribution in [-0.4, -0.2) is 84.2 Å². The van der Waals surface area contributed by atoms with Gasteiger partial charge in [-0.15, -0.1) is 0 Å². The Balaban J connectivity index is 1.34. The van der Waals surface area contributed by atoms with Gasteiger partial charge in [-0.3, -0.25) is 4.90 Å². The molecule has 3 aliphatic rings. The van der Waals surface area contributed by atoms with E-state index in [9.17, 15) is 12.8 Å². The second-order valence-corrected chi connectivity index (χ2v) is 12.8. The van der Waals surface area contributed by atoms with E-state index >= 15 is 0 Å². The molecular weight excluding hydrogens is 505 g/mol. The molecule has 3 heterocycles. The third-order valence-corrected chi connectivity index (χ3v) is 10.4. The number of nitrogens with zero attached hydrogens (tertiary/aromatic N) is 5. The molecule has 1 atom stereocenters. The molecule has 8 nitrogen and oxygen atoms in total. The number of aryl methyl sites for hydroxylation is 1. The average Bonchev–Trinajstić information content (AvgIpc) is 3.59. The predicted molar refractivity (Wildman–Crippen MR) is 145 cm³/mol. The highest BCUT2D eigenvalue weighted by Crippen LogP contribution is 2.35. The van der Waals surface area contributed by atoms with Crippen LogP contribution < -0.4 is 0 Å². The van der Waals surface area contributed by atoms with Crippen LogP contribution >= 0.6 is 0 Å². The standard InChI is InChI=1S/C28H36FN5O3S/c1-21-16-27-23(18-30-34(27)25-8-6-24(29)7-9-25)17-26(21)28-20-33(38(35,36)32-12-14-37-15-13-32)11-10-31(28)19-22-4-2-3-5-22/h6-9,16-18,22,28H,2-5,10-15,19-20H2,1H3/t28-/m1/s1. The Labute approximate surface area is 224 Å². The fourth-order valence-electron chi connectivity index (χ4n) is 6.33. The normalized spacial score (nSPS) is 22.9. The van der Waals surface area contributed by atoms with Crippen molar-refractivity contribution in [3.63, 3.8) is 0 Å². The predicted octanol–water partition coefficient (Wildman–Crippen LogP) is 3.90. The number of benzene rings is 2. The largest absolute Gasteiger partial charge is 0.379 e. The minimum Gasteiger partial charge on any atom is -0.379 e. The number of hydrogen-bond acceptors (Lipinski definition) is 5. The topological polar surface area (TPSA) is 70.9 Å². The number of ether oxygens (including phenoxy) is 1. The smallest absolute Gasteiger partial charge is 0.282 e. The van der Waals surface area contributed by atoms with Gasteiger partial charge in [0.25, 0.3) is 10.2 Å². The lowest BCUT2D eigenvalue weighted by Crippen LogP contribution is -2.56. The first-order chi connectivity index (χ1) is 18.4. The number of halogens is 1. The molecule has 2 aromatic carbocycles. The Morgan fingerprint density at radius 2 is 1.74 bits per heavy atom. The molecule has 0 amide bonds. The van der Waals surface area contributed by atoms with Crippen LogP contribution in [-0.2, 0) is 14.9 Å². The molecule has 1 saturated carbocycles. The molecule has 204 valence electrons. The molecule has 3 aromatic rings. The van der Waals surface area contributed by atoms with Crippen LogP contribution in [0.15, 0.2) is 42.6 Å². The minimum atomic E-state index is -3.55. The molecule has 2 aliphatic heterocycles. The van der Waals surface area contributed by atoms with E-state index < -0.39 is 10.2 Å². The first-order valence-electron chi connectivity index (χ1n) is 13.7. The van der Waals surface area contributed by atoms with Crippen molar-refractivity contribution in [3.05, 3.63) is 59.5 Å². The van der Waals surface area contributed by atoms with E-state index in [1.54, 1.807) is 20.7 Å². The van der Waals surface area contributed by atoms with Crippen LogP contribution in [0, 0.1) is 18.7 Å². The molecule has 0 bridgehead atoms. The molecular formula is C28H36FN5O3S. The van der Waals surface area contributed by atoms with Crippen LogP contribution in [0.4, 0.5) is 4.39 Å². The molecule has 0 radical (unpaired) electrons. The lowest BCUT2D eigenvalue weighted by atomic mass is 9.95. The summed E-state index contributed by atoms with van der Waals surface area (Å²) in [5.41, 5.74) is 4.01. The van der Waals surface area contributed by atoms with Gasteiger partial charge in [-0.25, -0.2) is 9.07 Å². The van der Waals surface area contributed by atoms with Gasteiger partial charge in [0.05, 0.1) is 30.6 Å². The lowest BCUT2D eigenvalue weighted by Gasteiger charge is -2.44. The van der Waals surface area contributed by atoms with Crippen molar-refractivity contribution in [1.82, 2.24) is 23.3 Å². The van der Waals surface area contributed by atoms with Gasteiger partial charge in [0.1, 0.15) is 5.82 Å². The van der Waals surface area contributed by atoms with Crippen molar-refractivity contribution in [2.45, 2.75) is 38.6 Å². The van der Waals surface area contributed by atoms with E-state index in [1.165, 1.54) is 37.8 Å². The number of aromatic nitrogens is 2. The lowest BCUT2D eigenvalue weighted by molar-refractivity contribution is 0.0631. The number of piperazine rings is 1. The van der Waals surface area contributed by atoms with Crippen LogP contribution in [0.25, 0.3) is 16.6 Å². The number of rotatable bonds is 6. The summed E-state index contributed by atoms with van der Waals surface area (Å²) in [6.45, 7) is 6.46. The zero-order chi connectivity index (χ0) is 26.3. The molecule has 10 heteroatoms. The fraction of sp³-hybridized carbons (Fsp3) is 0.536. The molecule has 38 heavy (non-hydrogen) atoms. The quantitative estimate of drug-likeness (QED) is 0.474. The van der Waals surface area contributed by atoms with E-state index in [2.05, 4.69) is 29.1 Å². The van der Waals surface area contributed by atoms with Crippen LogP contribution in [0.2, 0.25) is 0 Å². The van der Waals surface area contributed by atoms with Crippen LogP contribution in [0.5, 0.6) is 0 Å². The first kappa shape index (κ1) is 25.9. The Kier molecular flexibility index (Phi) is 7.26. The zero-order valence-electron chi connectivity index (χ0n) is 21.9. The number of fused-ring (bicyclic) bond motifs is 1. The summed E-state index contributed by atoms with van der Waals surface area (Å²) in [5, 5.41) is 5.59. The summed E-state index contributed by atoms with van der Waals surface area (Å²) in [6.07, 6.45) is 6.92. The summed E-state index contributed by atoms with van der Waals surface area (Å²) in [5.74, 6) is 0.394. The summed E-state index contributed by atoms with van der Waals surface area (Å²) < 4.78 is 51.2. The van der Waals surface area contributed by atoms with Crippen molar-refractivity contribution < 1.29 is 17.5 Å². The summed E-state index contributed by atoms with van der Waals surface area (Å²) >= 11 is 0. The van der Waals surface area contributed by atoms with Gasteiger partial charge in [0.2, 0.25) is 0 Å². The maximum atomic E-state index is 13.6. The highest BCUT2D eigenvalue weighted by atomic mass is 32.2. The maximum Gasteiger partial charge on any atom is 0.282 e. The van der Waals surface area contributed by atoms with Gasteiger partial charge in [-0.2, -0.15) is 22.1 Å². The zero-order valence-corrected chi connectivity index (χ0v) is 22.7. The molecule has 0 unspecified atom stereocenters. The number of morpholine rings is 1. The monoisotopic (exact) mass is 541 g/mol. The second-order valence-electron chi connectivity index (χ2n) is 10.8. The van der Waals surface area contributed by atoms with Gasteiger partial charge < -0.3 is 4.74 Å². The SMILES string of the molecule is Cc1cc2c(cnn2-c2ccc(F)cc2)cc1[C@H]1CN(S(=O)(=O)N2CCOCC2)CCN1CC1CCCC1. The highest BCUT2D eigenvalue weighted by Gasteiger charge is 2.39. The van der Waals surface area contributed by atoms with Crippen LogP contribution in [0.1, 0.15) is 42.9 Å². The molecule has 2 saturated heterocycles. The van der Waals surface area contributed by atoms with Crippen molar-refractivity contribution >= 4 is 21.1 Å². The van der Waals surface area contributed by atoms with E-state index in [0.717, 1.165) is 40.8 Å². The van der Waals surface area contributed by atoms with E-state index in [4.69, 9.17) is 4.74 Å². The third-order valence-electron chi connectivity index (χ3n) is 8.43. The van der Waals surface area contributed by atoms with E-state index in [-0.39, 0.29) is 11.9 Å². The van der Waals surface area contributed by atoms with Crippen molar-refractivity contribution in [3.8, 4) is 5.69 Å². The first-order valence-corrected chi connectivity index (χ1v) is 15.1. The van der Waals surface area contributed by atoms with E-state index in [1.807, 2.05) is 10.9 Å². The summed E-state index contributed by atoms with van der Waals surface area (Å²) in [6, 6.07) is 10.6. The van der Waals surface area contributed by atoms with Gasteiger partial charge in [0.15, 0.2) is 0 Å². The number of hydrogen-bond donors (Lipinski definition) is 0. The molecule has 0 N–H and O–H groups in total. The Morgan fingerprint density at radius 3 is 2.47 bits per heavy atom. The van der Waals surface area contributed by atoms with Crippen molar-refractivity contribution in [2.24, 2.45) is 5.92 Å². The third kappa shape index (κ3) is 5.00. The molecule has 0 spiro atoms. The second kappa shape index (κ2) is 10.7. The van der Waals surface area contributed by atoms with Crippen LogP contribution in [0.3, 0.4) is 0 Å². The Morgan fingerprint density at radius 1 is 1.00 bits per heavy atom. The van der Waals surface area contributed by atoms with Gasteiger partial charge in [-0.1, -0.05) is 12.8 Å². The Hall–Kier alpha value is -2.37. The minimum absolute atomic E-state index is 0.0289. The average molecular weight is 542 g/mol. The Bertz CT molecular complexity index is 1380. The van der Waals surface area contributed by atoms with Gasteiger partial charge in [-0.05, 0) is 73.2 Å². The fourth-order valence-corrected chi connectivity index (χ4v) is 7.91.